The third-order valence-corrected chi connectivity index (χ3v) is 3.05. The van der Waals surface area contributed by atoms with Crippen molar-refractivity contribution in [1.82, 2.24) is 10.2 Å². The van der Waals surface area contributed by atoms with Crippen molar-refractivity contribution in [1.29, 1.82) is 0 Å². The molecule has 5 heteroatoms. The van der Waals surface area contributed by atoms with Gasteiger partial charge in [0.1, 0.15) is 0 Å². The zero-order valence-corrected chi connectivity index (χ0v) is 11.8. The van der Waals surface area contributed by atoms with E-state index < -0.39 is 0 Å². The van der Waals surface area contributed by atoms with Crippen molar-refractivity contribution in [2.75, 3.05) is 53.6 Å². The van der Waals surface area contributed by atoms with Crippen molar-refractivity contribution in [2.24, 2.45) is 4.99 Å². The lowest BCUT2D eigenvalue weighted by Gasteiger charge is -2.20. The van der Waals surface area contributed by atoms with Gasteiger partial charge in [0.25, 0.3) is 0 Å². The van der Waals surface area contributed by atoms with Crippen LogP contribution < -0.4 is 5.32 Å². The summed E-state index contributed by atoms with van der Waals surface area (Å²) in [5, 5.41) is 3.41. The number of likely N-dealkylation sites (tertiary alicyclic amines) is 1. The second kappa shape index (κ2) is 10.1. The Labute approximate surface area is 111 Å². The number of rotatable bonds is 8. The van der Waals surface area contributed by atoms with E-state index in [1.807, 2.05) is 7.05 Å². The molecular weight excluding hydrogens is 230 g/mol. The zero-order chi connectivity index (χ0) is 13.1. The Morgan fingerprint density at radius 1 is 1.17 bits per heavy atom. The zero-order valence-electron chi connectivity index (χ0n) is 11.8. The van der Waals surface area contributed by atoms with Crippen LogP contribution in [0.1, 0.15) is 25.7 Å². The van der Waals surface area contributed by atoms with Crippen LogP contribution in [0.5, 0.6) is 0 Å². The van der Waals surface area contributed by atoms with Crippen LogP contribution in [0.2, 0.25) is 0 Å². The van der Waals surface area contributed by atoms with Crippen LogP contribution in [-0.4, -0.2) is 64.5 Å². The molecule has 1 aliphatic rings. The Morgan fingerprint density at radius 3 is 2.61 bits per heavy atom. The standard InChI is InChI=1S/C13H27N3O2/c1-14-13(16-8-4-5-9-16)15-7-3-6-10-18-12-11-17-2/h3-12H2,1-2H3,(H,14,15). The van der Waals surface area contributed by atoms with Gasteiger partial charge in [-0.2, -0.15) is 0 Å². The van der Waals surface area contributed by atoms with Gasteiger partial charge in [0.15, 0.2) is 5.96 Å². The first-order chi connectivity index (χ1) is 8.88. The van der Waals surface area contributed by atoms with E-state index in [0.29, 0.717) is 13.2 Å². The lowest BCUT2D eigenvalue weighted by atomic mass is 10.3. The highest BCUT2D eigenvalue weighted by Gasteiger charge is 2.14. The number of guanidine groups is 1. The lowest BCUT2D eigenvalue weighted by molar-refractivity contribution is 0.0689. The highest BCUT2D eigenvalue weighted by molar-refractivity contribution is 5.80. The molecule has 1 N–H and O–H groups in total. The van der Waals surface area contributed by atoms with Gasteiger partial charge in [-0.15, -0.1) is 0 Å². The normalized spacial score (nSPS) is 16.3. The van der Waals surface area contributed by atoms with E-state index in [9.17, 15) is 0 Å². The fraction of sp³-hybridized carbons (Fsp3) is 0.923. The molecule has 0 aromatic heterocycles. The fourth-order valence-corrected chi connectivity index (χ4v) is 2.03. The number of ether oxygens (including phenoxy) is 2. The van der Waals surface area contributed by atoms with E-state index in [4.69, 9.17) is 9.47 Å². The lowest BCUT2D eigenvalue weighted by Crippen LogP contribution is -2.39. The van der Waals surface area contributed by atoms with Crippen LogP contribution in [-0.2, 0) is 9.47 Å². The van der Waals surface area contributed by atoms with E-state index in [0.717, 1.165) is 45.0 Å². The number of hydrogen-bond donors (Lipinski definition) is 1. The second-order valence-electron chi connectivity index (χ2n) is 4.48. The maximum atomic E-state index is 5.41. The number of nitrogens with zero attached hydrogens (tertiary/aromatic N) is 2. The molecule has 0 aromatic carbocycles. The molecule has 0 aliphatic carbocycles. The monoisotopic (exact) mass is 257 g/mol. The molecule has 0 saturated carbocycles. The minimum Gasteiger partial charge on any atom is -0.382 e. The summed E-state index contributed by atoms with van der Waals surface area (Å²) >= 11 is 0. The second-order valence-corrected chi connectivity index (χ2v) is 4.48. The van der Waals surface area contributed by atoms with Crippen molar-refractivity contribution in [3.63, 3.8) is 0 Å². The number of methoxy groups -OCH3 is 1. The minimum absolute atomic E-state index is 0.680. The van der Waals surface area contributed by atoms with Crippen molar-refractivity contribution >= 4 is 5.96 Å². The summed E-state index contributed by atoms with van der Waals surface area (Å²) in [5.74, 6) is 1.05. The highest BCUT2D eigenvalue weighted by atomic mass is 16.5. The van der Waals surface area contributed by atoms with Gasteiger partial charge < -0.3 is 19.7 Å². The summed E-state index contributed by atoms with van der Waals surface area (Å²) in [6, 6.07) is 0. The van der Waals surface area contributed by atoms with E-state index in [1.165, 1.54) is 12.8 Å². The van der Waals surface area contributed by atoms with Gasteiger partial charge in [0.05, 0.1) is 13.2 Å². The Kier molecular flexibility index (Phi) is 8.59. The van der Waals surface area contributed by atoms with Crippen LogP contribution >= 0.6 is 0 Å². The molecule has 1 saturated heterocycles. The van der Waals surface area contributed by atoms with E-state index in [2.05, 4.69) is 15.2 Å². The third-order valence-electron chi connectivity index (χ3n) is 3.05. The maximum Gasteiger partial charge on any atom is 0.193 e. The van der Waals surface area contributed by atoms with Crippen LogP contribution in [0.15, 0.2) is 4.99 Å². The van der Waals surface area contributed by atoms with Gasteiger partial charge in [-0.05, 0) is 25.7 Å². The molecule has 1 fully saturated rings. The Balaban J connectivity index is 1.96. The SMILES string of the molecule is CN=C(NCCCCOCCOC)N1CCCC1. The van der Waals surface area contributed by atoms with Crippen LogP contribution in [0.3, 0.4) is 0 Å². The average Bonchev–Trinajstić information content (AvgIpc) is 2.91. The van der Waals surface area contributed by atoms with Crippen LogP contribution in [0.25, 0.3) is 0 Å². The molecule has 0 radical (unpaired) electrons. The topological polar surface area (TPSA) is 46.1 Å². The van der Waals surface area contributed by atoms with Gasteiger partial charge in [0, 0.05) is 40.4 Å². The van der Waals surface area contributed by atoms with Crippen molar-refractivity contribution < 1.29 is 9.47 Å². The molecule has 1 rings (SSSR count). The fourth-order valence-electron chi connectivity index (χ4n) is 2.03. The first-order valence-corrected chi connectivity index (χ1v) is 6.90. The quantitative estimate of drug-likeness (QED) is 0.402. The number of hydrogen-bond acceptors (Lipinski definition) is 3. The smallest absolute Gasteiger partial charge is 0.193 e. The molecule has 0 atom stereocenters. The number of nitrogens with one attached hydrogen (secondary N) is 1. The van der Waals surface area contributed by atoms with Gasteiger partial charge in [-0.3, -0.25) is 4.99 Å². The molecule has 0 unspecified atom stereocenters. The van der Waals surface area contributed by atoms with Crippen molar-refractivity contribution in [2.45, 2.75) is 25.7 Å². The predicted octanol–water partition coefficient (Wildman–Crippen LogP) is 1.10. The molecule has 0 aromatic rings. The number of unbranched alkanes of at least 4 members (excludes halogenated alkanes) is 1. The first-order valence-electron chi connectivity index (χ1n) is 6.90. The maximum absolute atomic E-state index is 5.41. The summed E-state index contributed by atoms with van der Waals surface area (Å²) in [5.41, 5.74) is 0. The Morgan fingerprint density at radius 2 is 1.94 bits per heavy atom. The largest absolute Gasteiger partial charge is 0.382 e. The van der Waals surface area contributed by atoms with Gasteiger partial charge in [-0.25, -0.2) is 0 Å². The van der Waals surface area contributed by atoms with Gasteiger partial charge in [-0.1, -0.05) is 0 Å². The summed E-state index contributed by atoms with van der Waals surface area (Å²) in [6.45, 7) is 5.43. The molecule has 1 heterocycles. The van der Waals surface area contributed by atoms with Crippen LogP contribution in [0.4, 0.5) is 0 Å². The van der Waals surface area contributed by atoms with Crippen LogP contribution in [0, 0.1) is 0 Å². The molecule has 5 nitrogen and oxygen atoms in total. The molecule has 1 aliphatic heterocycles. The van der Waals surface area contributed by atoms with E-state index >= 15 is 0 Å². The molecule has 18 heavy (non-hydrogen) atoms. The minimum atomic E-state index is 0.680. The third kappa shape index (κ3) is 6.21. The summed E-state index contributed by atoms with van der Waals surface area (Å²) < 4.78 is 10.3. The Hall–Kier alpha value is -0.810. The van der Waals surface area contributed by atoms with Crippen molar-refractivity contribution in [3.8, 4) is 0 Å². The molecular formula is C13H27N3O2. The Bertz CT molecular complexity index is 228. The number of aliphatic imine (C=N–C) groups is 1. The summed E-state index contributed by atoms with van der Waals surface area (Å²) in [7, 11) is 3.55. The molecule has 106 valence electrons. The van der Waals surface area contributed by atoms with Gasteiger partial charge in [0.2, 0.25) is 0 Å². The summed E-state index contributed by atoms with van der Waals surface area (Å²) in [6.07, 6.45) is 4.76. The van der Waals surface area contributed by atoms with E-state index in [-0.39, 0.29) is 0 Å². The van der Waals surface area contributed by atoms with Gasteiger partial charge >= 0.3 is 0 Å². The van der Waals surface area contributed by atoms with Crippen molar-refractivity contribution in [3.05, 3.63) is 0 Å². The summed E-state index contributed by atoms with van der Waals surface area (Å²) in [4.78, 5) is 6.64. The predicted molar refractivity (Wildman–Crippen MR) is 74.1 cm³/mol. The molecule has 0 amide bonds. The molecule has 0 spiro atoms. The first kappa shape index (κ1) is 15.2. The average molecular weight is 257 g/mol. The molecule has 0 bridgehead atoms. The van der Waals surface area contributed by atoms with E-state index in [1.54, 1.807) is 7.11 Å². The highest BCUT2D eigenvalue weighted by Crippen LogP contribution is 2.07.